The number of thioether (sulfide) groups is 1. The fourth-order valence-electron chi connectivity index (χ4n) is 5.27. The Morgan fingerprint density at radius 3 is 2.28 bits per heavy atom. The predicted molar refractivity (Wildman–Crippen MR) is 167 cm³/mol. The van der Waals surface area contributed by atoms with Crippen molar-refractivity contribution < 1.29 is 27.4 Å². The Kier molecular flexibility index (Phi) is 8.37. The zero-order chi connectivity index (χ0) is 32.5. The molecule has 0 aliphatic carbocycles. The van der Waals surface area contributed by atoms with Crippen molar-refractivity contribution in [1.29, 1.82) is 5.26 Å². The maximum Gasteiger partial charge on any atom is 0.425 e. The van der Waals surface area contributed by atoms with Gasteiger partial charge in [0.2, 0.25) is 10.8 Å². The van der Waals surface area contributed by atoms with Crippen LogP contribution in [0.5, 0.6) is 5.75 Å². The summed E-state index contributed by atoms with van der Waals surface area (Å²) in [4.78, 5) is 14.0. The molecule has 236 valence electrons. The summed E-state index contributed by atoms with van der Waals surface area (Å²) in [6.07, 6.45) is -4.98. The fourth-order valence-corrected chi connectivity index (χ4v) is 6.59. The number of allylic oxidation sites excluding steroid dienone is 1. The van der Waals surface area contributed by atoms with E-state index >= 15 is 13.2 Å². The van der Waals surface area contributed by atoms with Gasteiger partial charge in [-0.3, -0.25) is 9.47 Å². The number of nitrogens with zero attached hydrogens (tertiary/aromatic N) is 6. The number of aromatic nitrogens is 3. The Bertz CT molecular complexity index is 1800. The fraction of sp³-hybridized carbons (Fsp3) is 0.250. The van der Waals surface area contributed by atoms with Gasteiger partial charge < -0.3 is 19.7 Å². The molecule has 0 spiro atoms. The van der Waals surface area contributed by atoms with Gasteiger partial charge in [-0.1, -0.05) is 59.8 Å². The van der Waals surface area contributed by atoms with Gasteiger partial charge in [0.15, 0.2) is 5.82 Å². The van der Waals surface area contributed by atoms with Gasteiger partial charge in [-0.15, -0.1) is 10.2 Å². The number of urea groups is 1. The highest BCUT2D eigenvalue weighted by atomic mass is 32.2. The van der Waals surface area contributed by atoms with Crippen molar-refractivity contribution in [2.75, 3.05) is 43.2 Å². The number of alkyl halides is 3. The molecule has 0 saturated carbocycles. The smallest absolute Gasteiger partial charge is 0.425 e. The van der Waals surface area contributed by atoms with E-state index in [1.165, 1.54) is 31.4 Å². The second-order valence-electron chi connectivity index (χ2n) is 10.5. The van der Waals surface area contributed by atoms with E-state index in [0.717, 1.165) is 10.5 Å². The van der Waals surface area contributed by atoms with Crippen molar-refractivity contribution >= 4 is 35.0 Å². The van der Waals surface area contributed by atoms with E-state index in [4.69, 9.17) is 9.47 Å². The third kappa shape index (κ3) is 5.52. The van der Waals surface area contributed by atoms with Crippen LogP contribution in [0.3, 0.4) is 0 Å². The molecule has 1 unspecified atom stereocenters. The van der Waals surface area contributed by atoms with Gasteiger partial charge >= 0.3 is 12.2 Å². The van der Waals surface area contributed by atoms with Gasteiger partial charge in [0.25, 0.3) is 0 Å². The molecule has 3 aromatic carbocycles. The summed E-state index contributed by atoms with van der Waals surface area (Å²) in [5.74, 6) is 0.841. The minimum atomic E-state index is -4.98. The number of anilines is 2. The average molecular weight is 648 g/mol. The molecule has 46 heavy (non-hydrogen) atoms. The molecule has 4 aromatic rings. The minimum Gasteiger partial charge on any atom is -0.497 e. The van der Waals surface area contributed by atoms with Crippen molar-refractivity contribution in [3.05, 3.63) is 101 Å². The highest BCUT2D eigenvalue weighted by molar-refractivity contribution is 8.04. The lowest BCUT2D eigenvalue weighted by Crippen LogP contribution is -2.61. The first kappa shape index (κ1) is 31.0. The maximum absolute atomic E-state index is 15.3. The molecule has 2 aliphatic rings. The van der Waals surface area contributed by atoms with E-state index in [0.29, 0.717) is 55.5 Å². The number of carbonyl (C=O) groups is 1. The number of halogens is 3. The number of morpholine rings is 1. The van der Waals surface area contributed by atoms with Gasteiger partial charge in [-0.05, 0) is 48.9 Å². The Morgan fingerprint density at radius 2 is 1.67 bits per heavy atom. The third-order valence-corrected chi connectivity index (χ3v) is 9.09. The van der Waals surface area contributed by atoms with Crippen LogP contribution in [0.2, 0.25) is 0 Å². The summed E-state index contributed by atoms with van der Waals surface area (Å²) in [5, 5.41) is 21.5. The Hall–Kier alpha value is -5.00. The lowest BCUT2D eigenvalue weighted by molar-refractivity contribution is -0.167. The number of hydrogen-bond acceptors (Lipinski definition) is 8. The van der Waals surface area contributed by atoms with Gasteiger partial charge in [0.1, 0.15) is 22.4 Å². The van der Waals surface area contributed by atoms with Crippen LogP contribution < -0.4 is 19.9 Å². The summed E-state index contributed by atoms with van der Waals surface area (Å²) >= 11 is 0.318. The standard InChI is InChI=1S/C32H28F3N7O3S/c1-21-8-10-22(11-9-21)31(32(33,34)35)37-30(43)42(24-12-14-25(44-2)15-13-24)28(46-31)26(20-36)27-38-39-29(40-16-18-45-19-17-40)41(27)23-6-4-3-5-7-23/h3-15H,16-19H2,1-2H3,(H,37,43). The Balaban J connectivity index is 1.62. The molecule has 3 heterocycles. The van der Waals surface area contributed by atoms with Gasteiger partial charge in [0.05, 0.1) is 31.7 Å². The quantitative estimate of drug-likeness (QED) is 0.254. The van der Waals surface area contributed by atoms with Crippen LogP contribution in [-0.2, 0) is 9.61 Å². The lowest BCUT2D eigenvalue weighted by atomic mass is 10.0. The van der Waals surface area contributed by atoms with E-state index in [-0.39, 0.29) is 27.7 Å². The SMILES string of the molecule is COc1ccc(N2C(=O)NC(c3ccc(C)cc3)(C(F)(F)F)SC2=C(C#N)c2nnc(N3CCOCC3)n2-c2ccccc2)cc1. The number of rotatable bonds is 6. The Labute approximate surface area is 267 Å². The molecule has 1 N–H and O–H groups in total. The number of ether oxygens (including phenoxy) is 2. The molecule has 2 fully saturated rings. The molecule has 1 atom stereocenters. The lowest BCUT2D eigenvalue weighted by Gasteiger charge is -2.44. The molecule has 6 rings (SSSR count). The first-order valence-electron chi connectivity index (χ1n) is 14.2. The number of para-hydroxylation sites is 1. The Morgan fingerprint density at radius 1 is 1.00 bits per heavy atom. The van der Waals surface area contributed by atoms with Crippen LogP contribution in [-0.4, -0.2) is 60.4 Å². The van der Waals surface area contributed by atoms with Crippen molar-refractivity contribution in [1.82, 2.24) is 20.1 Å². The molecule has 2 amide bonds. The first-order chi connectivity index (χ1) is 22.2. The van der Waals surface area contributed by atoms with Crippen molar-refractivity contribution in [3.8, 4) is 17.5 Å². The molecule has 10 nitrogen and oxygen atoms in total. The van der Waals surface area contributed by atoms with E-state index in [9.17, 15) is 10.1 Å². The summed E-state index contributed by atoms with van der Waals surface area (Å²) in [6, 6.07) is 21.9. The number of carbonyl (C=O) groups excluding carboxylic acids is 1. The third-order valence-electron chi connectivity index (χ3n) is 7.63. The molecule has 0 bridgehead atoms. The monoisotopic (exact) mass is 647 g/mol. The van der Waals surface area contributed by atoms with Crippen LogP contribution in [0.15, 0.2) is 83.9 Å². The van der Waals surface area contributed by atoms with E-state index in [1.807, 2.05) is 11.0 Å². The number of methoxy groups -OCH3 is 1. The van der Waals surface area contributed by atoms with Crippen molar-refractivity contribution in [3.63, 3.8) is 0 Å². The van der Waals surface area contributed by atoms with E-state index in [1.54, 1.807) is 60.0 Å². The van der Waals surface area contributed by atoms with Crippen LogP contribution in [0.25, 0.3) is 11.3 Å². The highest BCUT2D eigenvalue weighted by Gasteiger charge is 2.62. The summed E-state index contributed by atoms with van der Waals surface area (Å²) in [7, 11) is 1.47. The molecular formula is C32H28F3N7O3S. The van der Waals surface area contributed by atoms with E-state index in [2.05, 4.69) is 21.6 Å². The number of hydrogen-bond donors (Lipinski definition) is 1. The maximum atomic E-state index is 15.3. The second-order valence-corrected chi connectivity index (χ2v) is 11.7. The zero-order valence-electron chi connectivity index (χ0n) is 24.8. The van der Waals surface area contributed by atoms with Gasteiger partial charge in [-0.2, -0.15) is 18.4 Å². The zero-order valence-corrected chi connectivity index (χ0v) is 25.6. The van der Waals surface area contributed by atoms with Crippen molar-refractivity contribution in [2.45, 2.75) is 18.0 Å². The molecule has 1 aromatic heterocycles. The average Bonchev–Trinajstić information content (AvgIpc) is 3.50. The molecule has 2 saturated heterocycles. The number of nitrogens with one attached hydrogen (secondary N) is 1. The number of nitriles is 1. The first-order valence-corrected chi connectivity index (χ1v) is 15.1. The highest BCUT2D eigenvalue weighted by Crippen LogP contribution is 2.55. The number of aryl methyl sites for hydroxylation is 1. The summed E-state index contributed by atoms with van der Waals surface area (Å²) in [6.45, 7) is 3.61. The molecular weight excluding hydrogens is 619 g/mol. The number of benzene rings is 3. The normalized spacial score (nSPS) is 19.8. The second kappa shape index (κ2) is 12.4. The van der Waals surface area contributed by atoms with Crippen LogP contribution in [0, 0.1) is 18.3 Å². The van der Waals surface area contributed by atoms with Crippen LogP contribution >= 0.6 is 11.8 Å². The van der Waals surface area contributed by atoms with Crippen LogP contribution in [0.4, 0.5) is 29.6 Å². The molecule has 2 aliphatic heterocycles. The van der Waals surface area contributed by atoms with Gasteiger partial charge in [-0.25, -0.2) is 4.79 Å². The molecule has 14 heteroatoms. The van der Waals surface area contributed by atoms with Crippen molar-refractivity contribution in [2.24, 2.45) is 0 Å². The largest absolute Gasteiger partial charge is 0.497 e. The summed E-state index contributed by atoms with van der Waals surface area (Å²) in [5.41, 5.74) is 1.07. The van der Waals surface area contributed by atoms with E-state index < -0.39 is 17.1 Å². The molecule has 0 radical (unpaired) electrons. The minimum absolute atomic E-state index is 0.0223. The number of amides is 2. The predicted octanol–water partition coefficient (Wildman–Crippen LogP) is 5.99. The van der Waals surface area contributed by atoms with Gasteiger partial charge in [0, 0.05) is 13.1 Å². The van der Waals surface area contributed by atoms with Crippen LogP contribution in [0.1, 0.15) is 17.0 Å². The summed E-state index contributed by atoms with van der Waals surface area (Å²) < 4.78 is 58.2. The topological polar surface area (TPSA) is 109 Å².